The number of hydrogen-bond acceptors (Lipinski definition) is 5. The molecule has 1 aromatic carbocycles. The minimum Gasteiger partial charge on any atom is -0.423 e. The lowest BCUT2D eigenvalue weighted by Crippen LogP contribution is -2.39. The number of rotatable bonds is 5. The number of likely N-dealkylation sites (tertiary alicyclic amines) is 1. The predicted octanol–water partition coefficient (Wildman–Crippen LogP) is 2.25. The van der Waals surface area contributed by atoms with Gasteiger partial charge in [0.15, 0.2) is 0 Å². The van der Waals surface area contributed by atoms with Gasteiger partial charge < -0.3 is 14.3 Å². The van der Waals surface area contributed by atoms with Crippen LogP contribution in [0.25, 0.3) is 11.0 Å². The molecule has 1 aliphatic carbocycles. The highest BCUT2D eigenvalue weighted by Crippen LogP contribution is 2.29. The summed E-state index contributed by atoms with van der Waals surface area (Å²) in [6, 6.07) is 5.92. The van der Waals surface area contributed by atoms with E-state index in [2.05, 4.69) is 17.0 Å². The third kappa shape index (κ3) is 3.64. The molecular formula is C20H25NO4. The summed E-state index contributed by atoms with van der Waals surface area (Å²) in [6.07, 6.45) is 5.64. The van der Waals surface area contributed by atoms with Crippen molar-refractivity contribution in [1.82, 2.24) is 4.90 Å². The van der Waals surface area contributed by atoms with Crippen LogP contribution >= 0.6 is 0 Å². The standard InChI is InChI=1S/C20H25NO4/c22-7-8-24-17-5-2-6-21(13-17)12-16-11-20(23)25-19-10-15-4-1-3-14(15)9-18(16)19/h9-11,17,22H,1-8,12-13H2/t17-/m0/s1. The average Bonchev–Trinajstić information content (AvgIpc) is 3.06. The molecule has 2 heterocycles. The van der Waals surface area contributed by atoms with E-state index in [1.54, 1.807) is 6.07 Å². The molecule has 1 N–H and O–H groups in total. The molecule has 0 saturated carbocycles. The first-order valence-electron chi connectivity index (χ1n) is 9.26. The van der Waals surface area contributed by atoms with Gasteiger partial charge in [-0.1, -0.05) is 0 Å². The molecule has 0 radical (unpaired) electrons. The summed E-state index contributed by atoms with van der Waals surface area (Å²) in [4.78, 5) is 14.4. The Morgan fingerprint density at radius 2 is 2.04 bits per heavy atom. The van der Waals surface area contributed by atoms with Gasteiger partial charge in [0, 0.05) is 24.5 Å². The Morgan fingerprint density at radius 1 is 1.20 bits per heavy atom. The maximum absolute atomic E-state index is 12.0. The van der Waals surface area contributed by atoms with Gasteiger partial charge in [-0.3, -0.25) is 4.90 Å². The molecule has 2 aliphatic rings. The van der Waals surface area contributed by atoms with Crippen LogP contribution in [0.4, 0.5) is 0 Å². The molecule has 1 aliphatic heterocycles. The Labute approximate surface area is 147 Å². The molecule has 1 aromatic heterocycles. The maximum atomic E-state index is 12.0. The highest BCUT2D eigenvalue weighted by molar-refractivity contribution is 5.82. The van der Waals surface area contributed by atoms with Crippen LogP contribution in [0.5, 0.6) is 0 Å². The monoisotopic (exact) mass is 343 g/mol. The van der Waals surface area contributed by atoms with Gasteiger partial charge in [-0.2, -0.15) is 0 Å². The number of nitrogens with zero attached hydrogens (tertiary/aromatic N) is 1. The Hall–Kier alpha value is -1.69. The second-order valence-corrected chi connectivity index (χ2v) is 7.16. The number of aliphatic hydroxyl groups excluding tert-OH is 1. The Kier molecular flexibility index (Phi) is 4.88. The van der Waals surface area contributed by atoms with Crippen LogP contribution in [0.2, 0.25) is 0 Å². The summed E-state index contributed by atoms with van der Waals surface area (Å²) >= 11 is 0. The second-order valence-electron chi connectivity index (χ2n) is 7.16. The fourth-order valence-corrected chi connectivity index (χ4v) is 4.18. The van der Waals surface area contributed by atoms with Crippen molar-refractivity contribution in [3.05, 3.63) is 45.3 Å². The zero-order chi connectivity index (χ0) is 17.2. The molecular weight excluding hydrogens is 318 g/mol. The largest absolute Gasteiger partial charge is 0.423 e. The van der Waals surface area contributed by atoms with E-state index in [-0.39, 0.29) is 18.3 Å². The van der Waals surface area contributed by atoms with Gasteiger partial charge in [0.25, 0.3) is 0 Å². The molecule has 5 heteroatoms. The Balaban J connectivity index is 1.59. The molecule has 0 spiro atoms. The SMILES string of the molecule is O=c1cc(CN2CCC[C@H](OCCO)C2)c2cc3c(cc2o1)CCC3. The Bertz CT molecular complexity index is 813. The van der Waals surface area contributed by atoms with Crippen LogP contribution in [-0.2, 0) is 24.1 Å². The van der Waals surface area contributed by atoms with E-state index in [9.17, 15) is 4.79 Å². The van der Waals surface area contributed by atoms with Gasteiger partial charge in [0.1, 0.15) is 5.58 Å². The summed E-state index contributed by atoms with van der Waals surface area (Å²) in [5, 5.41) is 10.0. The van der Waals surface area contributed by atoms with Gasteiger partial charge in [-0.15, -0.1) is 0 Å². The molecule has 5 nitrogen and oxygen atoms in total. The first-order valence-corrected chi connectivity index (χ1v) is 9.26. The molecule has 25 heavy (non-hydrogen) atoms. The van der Waals surface area contributed by atoms with Crippen molar-refractivity contribution in [2.75, 3.05) is 26.3 Å². The topological polar surface area (TPSA) is 62.9 Å². The number of aryl methyl sites for hydroxylation is 2. The summed E-state index contributed by atoms with van der Waals surface area (Å²) in [5.74, 6) is 0. The number of hydrogen-bond donors (Lipinski definition) is 1. The van der Waals surface area contributed by atoms with Crippen molar-refractivity contribution in [1.29, 1.82) is 0 Å². The minimum atomic E-state index is -0.273. The fourth-order valence-electron chi connectivity index (χ4n) is 4.18. The highest BCUT2D eigenvalue weighted by atomic mass is 16.5. The zero-order valence-electron chi connectivity index (χ0n) is 14.5. The van der Waals surface area contributed by atoms with Crippen LogP contribution < -0.4 is 5.63 Å². The third-order valence-corrected chi connectivity index (χ3v) is 5.34. The van der Waals surface area contributed by atoms with E-state index in [4.69, 9.17) is 14.3 Å². The van der Waals surface area contributed by atoms with Gasteiger partial charge in [0.2, 0.25) is 0 Å². The van der Waals surface area contributed by atoms with Gasteiger partial charge in [-0.05, 0) is 67.5 Å². The summed E-state index contributed by atoms with van der Waals surface area (Å²) in [5.41, 5.74) is 4.20. The lowest BCUT2D eigenvalue weighted by molar-refractivity contribution is -0.0162. The van der Waals surface area contributed by atoms with Gasteiger partial charge in [-0.25, -0.2) is 4.79 Å². The van der Waals surface area contributed by atoms with Crippen molar-refractivity contribution in [2.45, 2.75) is 44.8 Å². The van der Waals surface area contributed by atoms with Crippen molar-refractivity contribution >= 4 is 11.0 Å². The summed E-state index contributed by atoms with van der Waals surface area (Å²) in [7, 11) is 0. The lowest BCUT2D eigenvalue weighted by atomic mass is 10.0. The number of benzene rings is 1. The van der Waals surface area contributed by atoms with Crippen molar-refractivity contribution in [2.24, 2.45) is 0 Å². The normalized spacial score (nSPS) is 20.9. The van der Waals surface area contributed by atoms with Crippen molar-refractivity contribution < 1.29 is 14.3 Å². The number of piperidine rings is 1. The fraction of sp³-hybridized carbons (Fsp3) is 0.550. The average molecular weight is 343 g/mol. The molecule has 0 unspecified atom stereocenters. The first-order chi connectivity index (χ1) is 12.2. The van der Waals surface area contributed by atoms with E-state index in [0.29, 0.717) is 12.2 Å². The number of aliphatic hydroxyl groups is 1. The molecule has 0 bridgehead atoms. The van der Waals surface area contributed by atoms with E-state index in [0.717, 1.165) is 56.3 Å². The number of ether oxygens (including phenoxy) is 1. The highest BCUT2D eigenvalue weighted by Gasteiger charge is 2.22. The molecule has 0 amide bonds. The number of fused-ring (bicyclic) bond motifs is 2. The molecule has 1 fully saturated rings. The van der Waals surface area contributed by atoms with E-state index >= 15 is 0 Å². The maximum Gasteiger partial charge on any atom is 0.336 e. The van der Waals surface area contributed by atoms with Crippen LogP contribution in [-0.4, -0.2) is 42.4 Å². The van der Waals surface area contributed by atoms with Crippen LogP contribution in [0.3, 0.4) is 0 Å². The molecule has 1 atom stereocenters. The third-order valence-electron chi connectivity index (χ3n) is 5.34. The van der Waals surface area contributed by atoms with Crippen molar-refractivity contribution in [3.8, 4) is 0 Å². The van der Waals surface area contributed by atoms with Crippen LogP contribution in [0, 0.1) is 0 Å². The lowest BCUT2D eigenvalue weighted by Gasteiger charge is -2.32. The smallest absolute Gasteiger partial charge is 0.336 e. The van der Waals surface area contributed by atoms with Gasteiger partial charge >= 0.3 is 5.63 Å². The predicted molar refractivity (Wildman–Crippen MR) is 95.8 cm³/mol. The van der Waals surface area contributed by atoms with Crippen molar-refractivity contribution in [3.63, 3.8) is 0 Å². The molecule has 4 rings (SSSR count). The molecule has 2 aromatic rings. The van der Waals surface area contributed by atoms with Crippen LogP contribution in [0.15, 0.2) is 27.4 Å². The summed E-state index contributed by atoms with van der Waals surface area (Å²) < 4.78 is 11.2. The zero-order valence-corrected chi connectivity index (χ0v) is 14.5. The quantitative estimate of drug-likeness (QED) is 0.844. The first kappa shape index (κ1) is 16.8. The Morgan fingerprint density at radius 3 is 2.88 bits per heavy atom. The molecule has 1 saturated heterocycles. The minimum absolute atomic E-state index is 0.0615. The van der Waals surface area contributed by atoms with E-state index < -0.39 is 0 Å². The van der Waals surface area contributed by atoms with E-state index in [1.807, 2.05) is 0 Å². The van der Waals surface area contributed by atoms with Crippen LogP contribution in [0.1, 0.15) is 36.0 Å². The summed E-state index contributed by atoms with van der Waals surface area (Å²) in [6.45, 7) is 3.03. The second kappa shape index (κ2) is 7.28. The van der Waals surface area contributed by atoms with E-state index in [1.165, 1.54) is 17.5 Å². The van der Waals surface area contributed by atoms with Gasteiger partial charge in [0.05, 0.1) is 19.3 Å². The molecule has 134 valence electrons.